The average molecular weight is 531 g/mol. The summed E-state index contributed by atoms with van der Waals surface area (Å²) in [7, 11) is 0. The van der Waals surface area contributed by atoms with E-state index in [4.69, 9.17) is 27.9 Å². The summed E-state index contributed by atoms with van der Waals surface area (Å²) < 4.78 is 19.7. The summed E-state index contributed by atoms with van der Waals surface area (Å²) >= 11 is 12.6. The predicted octanol–water partition coefficient (Wildman–Crippen LogP) is 6.22. The number of carbonyl (C=O) groups is 2. The lowest BCUT2D eigenvalue weighted by molar-refractivity contribution is -0.149. The third kappa shape index (κ3) is 4.50. The van der Waals surface area contributed by atoms with E-state index in [1.165, 1.54) is 12.1 Å². The zero-order chi connectivity index (χ0) is 25.6. The van der Waals surface area contributed by atoms with Crippen LogP contribution in [0.2, 0.25) is 10.0 Å². The lowest BCUT2D eigenvalue weighted by Gasteiger charge is -2.37. The predicted molar refractivity (Wildman–Crippen MR) is 136 cm³/mol. The van der Waals surface area contributed by atoms with E-state index in [2.05, 4.69) is 4.98 Å². The van der Waals surface area contributed by atoms with Crippen LogP contribution in [0, 0.1) is 17.2 Å². The van der Waals surface area contributed by atoms with Gasteiger partial charge < -0.3 is 14.7 Å². The van der Waals surface area contributed by atoms with Gasteiger partial charge in [-0.2, -0.15) is 0 Å². The third-order valence-electron chi connectivity index (χ3n) is 7.38. The number of fused-ring (bicyclic) bond motifs is 1. The molecule has 2 atom stereocenters. The Kier molecular flexibility index (Phi) is 6.55. The molecule has 1 aromatic heterocycles. The number of halogens is 3. The van der Waals surface area contributed by atoms with Crippen LogP contribution in [0.3, 0.4) is 0 Å². The molecule has 1 aliphatic carbocycles. The van der Waals surface area contributed by atoms with E-state index in [1.807, 2.05) is 0 Å². The van der Waals surface area contributed by atoms with Crippen LogP contribution in [-0.2, 0) is 9.59 Å². The molecule has 2 aliphatic rings. The van der Waals surface area contributed by atoms with Gasteiger partial charge in [-0.3, -0.25) is 14.6 Å². The van der Waals surface area contributed by atoms with Crippen molar-refractivity contribution in [2.24, 2.45) is 11.3 Å². The minimum absolute atomic E-state index is 0.0201. The van der Waals surface area contributed by atoms with Crippen LogP contribution in [0.4, 0.5) is 4.39 Å². The van der Waals surface area contributed by atoms with Crippen molar-refractivity contribution in [1.29, 1.82) is 0 Å². The fourth-order valence-electron chi connectivity index (χ4n) is 5.29. The Labute approximate surface area is 218 Å². The number of benzene rings is 2. The number of likely N-dealkylation sites (tertiary alicyclic amines) is 1. The summed E-state index contributed by atoms with van der Waals surface area (Å²) in [5.74, 6) is -0.975. The van der Waals surface area contributed by atoms with Crippen molar-refractivity contribution in [3.8, 4) is 16.9 Å². The summed E-state index contributed by atoms with van der Waals surface area (Å²) in [5, 5.41) is 10.8. The van der Waals surface area contributed by atoms with Crippen LogP contribution in [-0.4, -0.2) is 46.1 Å². The molecule has 2 heterocycles. The zero-order valence-electron chi connectivity index (χ0n) is 19.6. The molecule has 0 bridgehead atoms. The van der Waals surface area contributed by atoms with E-state index < -0.39 is 23.3 Å². The number of aliphatic carboxylic acids is 1. The zero-order valence-corrected chi connectivity index (χ0v) is 21.2. The Bertz CT molecular complexity index is 1340. The number of hydrogen-bond acceptors (Lipinski definition) is 4. The fraction of sp³-hybridized carbons (Fsp3) is 0.370. The maximum Gasteiger partial charge on any atom is 0.309 e. The number of carbonyl (C=O) groups excluding carboxylic acids is 1. The van der Waals surface area contributed by atoms with Gasteiger partial charge in [0.15, 0.2) is 6.10 Å². The molecule has 9 heteroatoms. The molecule has 2 aromatic carbocycles. The third-order valence-corrected chi connectivity index (χ3v) is 7.98. The lowest BCUT2D eigenvalue weighted by Crippen LogP contribution is -2.48. The molecule has 1 unspecified atom stereocenters. The highest BCUT2D eigenvalue weighted by Crippen LogP contribution is 2.54. The number of pyridine rings is 1. The molecule has 2 fully saturated rings. The van der Waals surface area contributed by atoms with Crippen LogP contribution >= 0.6 is 23.2 Å². The first-order valence-electron chi connectivity index (χ1n) is 11.9. The maximum atomic E-state index is 13.7. The molecule has 1 N–H and O–H groups in total. The van der Waals surface area contributed by atoms with Crippen molar-refractivity contribution in [2.75, 3.05) is 13.1 Å². The molecule has 0 radical (unpaired) electrons. The minimum atomic E-state index is -0.752. The Hall–Kier alpha value is -2.90. The number of carboxylic acids is 1. The first-order chi connectivity index (χ1) is 17.2. The summed E-state index contributed by atoms with van der Waals surface area (Å²) in [6.07, 6.45) is 3.84. The largest absolute Gasteiger partial charge is 0.481 e. The molecule has 1 saturated carbocycles. The number of aromatic nitrogens is 1. The highest BCUT2D eigenvalue weighted by Gasteiger charge is 2.56. The highest BCUT2D eigenvalue weighted by molar-refractivity contribution is 6.39. The van der Waals surface area contributed by atoms with Crippen LogP contribution in [0.15, 0.2) is 42.6 Å². The van der Waals surface area contributed by atoms with Crippen LogP contribution < -0.4 is 4.74 Å². The van der Waals surface area contributed by atoms with Crippen molar-refractivity contribution >= 4 is 46.0 Å². The number of rotatable bonds is 6. The maximum absolute atomic E-state index is 13.7. The van der Waals surface area contributed by atoms with Crippen molar-refractivity contribution in [3.63, 3.8) is 0 Å². The second-order valence-electron chi connectivity index (χ2n) is 9.63. The molecule has 3 aromatic rings. The molecule has 36 heavy (non-hydrogen) atoms. The standard InChI is InChI=1S/C27H25Cl2FN2O4/c1-15(25(33)32-10-2-3-16(14-32)27(7-8-27)26(34)35)36-18-4-5-19-20(6-9-31-23(19)13-18)24-21(28)11-17(30)12-22(24)29/h4-6,9,11-13,15-16H,2-3,7-8,10,14H2,1H3,(H,34,35)/t15-,16?/m1/s1. The smallest absolute Gasteiger partial charge is 0.309 e. The number of carboxylic acid groups (broad SMARTS) is 1. The molecule has 5 rings (SSSR count). The van der Waals surface area contributed by atoms with Crippen LogP contribution in [0.5, 0.6) is 5.75 Å². The SMILES string of the molecule is C[C@@H](Oc1ccc2c(-c3c(Cl)cc(F)cc3Cl)ccnc2c1)C(=O)N1CCCC(C2(C(=O)O)CC2)C1. The van der Waals surface area contributed by atoms with Gasteiger partial charge in [0.25, 0.3) is 5.91 Å². The quantitative estimate of drug-likeness (QED) is 0.409. The molecule has 0 spiro atoms. The van der Waals surface area contributed by atoms with Gasteiger partial charge in [-0.25, -0.2) is 4.39 Å². The Morgan fingerprint density at radius 2 is 1.92 bits per heavy atom. The van der Waals surface area contributed by atoms with E-state index in [0.717, 1.165) is 18.2 Å². The molecule has 1 aliphatic heterocycles. The van der Waals surface area contributed by atoms with Gasteiger partial charge in [0.05, 0.1) is 21.0 Å². The number of hydrogen-bond donors (Lipinski definition) is 1. The van der Waals surface area contributed by atoms with Crippen LogP contribution in [0.1, 0.15) is 32.6 Å². The summed E-state index contributed by atoms with van der Waals surface area (Å²) in [6.45, 7) is 2.74. The Morgan fingerprint density at radius 3 is 2.58 bits per heavy atom. The Balaban J connectivity index is 1.34. The van der Waals surface area contributed by atoms with E-state index in [0.29, 0.717) is 48.3 Å². The second-order valence-corrected chi connectivity index (χ2v) is 10.4. The lowest BCUT2D eigenvalue weighted by atomic mass is 9.82. The normalized spacial score (nSPS) is 19.7. The van der Waals surface area contributed by atoms with Gasteiger partial charge in [-0.1, -0.05) is 23.2 Å². The van der Waals surface area contributed by atoms with Gasteiger partial charge in [0.2, 0.25) is 0 Å². The summed E-state index contributed by atoms with van der Waals surface area (Å²) in [4.78, 5) is 31.0. The topological polar surface area (TPSA) is 79.7 Å². The first-order valence-corrected chi connectivity index (χ1v) is 12.7. The molecular formula is C27H25Cl2FN2O4. The van der Waals surface area contributed by atoms with Gasteiger partial charge >= 0.3 is 5.97 Å². The Morgan fingerprint density at radius 1 is 1.19 bits per heavy atom. The van der Waals surface area contributed by atoms with Crippen molar-refractivity contribution in [2.45, 2.75) is 38.7 Å². The first kappa shape index (κ1) is 24.8. The monoisotopic (exact) mass is 530 g/mol. The van der Waals surface area contributed by atoms with Crippen LogP contribution in [0.25, 0.3) is 22.0 Å². The van der Waals surface area contributed by atoms with E-state index in [-0.39, 0.29) is 21.9 Å². The van der Waals surface area contributed by atoms with Crippen molar-refractivity contribution < 1.29 is 23.8 Å². The number of nitrogens with zero attached hydrogens (tertiary/aromatic N) is 2. The van der Waals surface area contributed by atoms with Crippen molar-refractivity contribution in [1.82, 2.24) is 9.88 Å². The molecule has 6 nitrogen and oxygen atoms in total. The number of amides is 1. The van der Waals surface area contributed by atoms with Gasteiger partial charge in [-0.15, -0.1) is 0 Å². The fourth-order valence-corrected chi connectivity index (χ4v) is 5.95. The molecule has 188 valence electrons. The number of ether oxygens (including phenoxy) is 1. The summed E-state index contributed by atoms with van der Waals surface area (Å²) in [6, 6.07) is 9.47. The van der Waals surface area contributed by atoms with E-state index >= 15 is 0 Å². The van der Waals surface area contributed by atoms with Gasteiger partial charge in [0, 0.05) is 36.3 Å². The molecular weight excluding hydrogens is 506 g/mol. The van der Waals surface area contributed by atoms with Crippen molar-refractivity contribution in [3.05, 3.63) is 58.5 Å². The van der Waals surface area contributed by atoms with E-state index in [1.54, 1.807) is 42.3 Å². The summed E-state index contributed by atoms with van der Waals surface area (Å²) in [5.41, 5.74) is 1.16. The average Bonchev–Trinajstić information content (AvgIpc) is 3.65. The highest BCUT2D eigenvalue weighted by atomic mass is 35.5. The molecule has 1 amide bonds. The van der Waals surface area contributed by atoms with Gasteiger partial charge in [0.1, 0.15) is 11.6 Å². The second kappa shape index (κ2) is 9.52. The minimum Gasteiger partial charge on any atom is -0.481 e. The van der Waals surface area contributed by atoms with Gasteiger partial charge in [-0.05, 0) is 74.4 Å². The van der Waals surface area contributed by atoms with E-state index in [9.17, 15) is 19.1 Å². The molecule has 1 saturated heterocycles. The number of piperidine rings is 1.